The molecule has 0 aliphatic rings. The third kappa shape index (κ3) is 3.45. The Balaban J connectivity index is 1.81. The lowest BCUT2D eigenvalue weighted by Gasteiger charge is -2.08. The highest BCUT2D eigenvalue weighted by Crippen LogP contribution is 2.31. The van der Waals surface area contributed by atoms with E-state index in [0.717, 1.165) is 11.1 Å². The van der Waals surface area contributed by atoms with E-state index in [1.807, 2.05) is 36.4 Å². The van der Waals surface area contributed by atoms with Crippen LogP contribution in [-0.2, 0) is 5.75 Å². The number of halogens is 2. The number of thioether (sulfide) groups is 1. The number of nitrogen functional groups attached to an aromatic ring is 1. The molecule has 0 aliphatic heterocycles. The van der Waals surface area contributed by atoms with Gasteiger partial charge >= 0.3 is 0 Å². The van der Waals surface area contributed by atoms with Crippen LogP contribution >= 0.6 is 35.0 Å². The highest BCUT2D eigenvalue weighted by Gasteiger charge is 2.15. The molecule has 1 heterocycles. The Morgan fingerprint density at radius 2 is 1.92 bits per heavy atom. The highest BCUT2D eigenvalue weighted by atomic mass is 35.5. The quantitative estimate of drug-likeness (QED) is 0.528. The van der Waals surface area contributed by atoms with Crippen LogP contribution in [0, 0.1) is 0 Å². The van der Waals surface area contributed by atoms with Gasteiger partial charge in [-0.25, -0.2) is 4.68 Å². The summed E-state index contributed by atoms with van der Waals surface area (Å²) in [6.45, 7) is 0. The van der Waals surface area contributed by atoms with Crippen LogP contribution in [0.3, 0.4) is 0 Å². The van der Waals surface area contributed by atoms with Gasteiger partial charge < -0.3 is 10.6 Å². The number of benzene rings is 2. The first kappa shape index (κ1) is 17.0. The van der Waals surface area contributed by atoms with Gasteiger partial charge in [-0.3, -0.25) is 0 Å². The van der Waals surface area contributed by atoms with Gasteiger partial charge in [-0.1, -0.05) is 53.2 Å². The van der Waals surface area contributed by atoms with Crippen LogP contribution in [0.5, 0.6) is 5.75 Å². The minimum Gasteiger partial charge on any atom is -0.496 e. The first-order chi connectivity index (χ1) is 11.6. The summed E-state index contributed by atoms with van der Waals surface area (Å²) in [6, 6.07) is 13.0. The van der Waals surface area contributed by atoms with Gasteiger partial charge in [0.1, 0.15) is 5.75 Å². The summed E-state index contributed by atoms with van der Waals surface area (Å²) in [6.07, 6.45) is 0. The fourth-order valence-corrected chi connectivity index (χ4v) is 3.29. The van der Waals surface area contributed by atoms with E-state index >= 15 is 0 Å². The third-order valence-corrected chi connectivity index (χ3v) is 5.12. The fourth-order valence-electron chi connectivity index (χ4n) is 2.17. The van der Waals surface area contributed by atoms with Crippen LogP contribution in [0.15, 0.2) is 47.6 Å². The summed E-state index contributed by atoms with van der Waals surface area (Å²) in [5, 5.41) is 10.00. The number of hydrogen-bond donors (Lipinski definition) is 1. The molecule has 3 rings (SSSR count). The zero-order valence-electron chi connectivity index (χ0n) is 12.7. The Morgan fingerprint density at radius 1 is 1.12 bits per heavy atom. The maximum Gasteiger partial charge on any atom is 0.210 e. The number of hydrogen-bond acceptors (Lipinski definition) is 5. The van der Waals surface area contributed by atoms with Crippen LogP contribution in [0.1, 0.15) is 5.56 Å². The van der Waals surface area contributed by atoms with E-state index < -0.39 is 0 Å². The monoisotopic (exact) mass is 380 g/mol. The summed E-state index contributed by atoms with van der Waals surface area (Å²) in [4.78, 5) is 0. The second-order valence-corrected chi connectivity index (χ2v) is 6.67. The van der Waals surface area contributed by atoms with Gasteiger partial charge in [-0.05, 0) is 29.8 Å². The largest absolute Gasteiger partial charge is 0.496 e. The standard InChI is InChI=1S/C16H14Cl2N4OS/c1-23-14-5-3-2-4-11(14)15-20-21-16(22(15)19)24-9-10-6-7-12(17)13(18)8-10/h2-8H,9,19H2,1H3. The molecule has 124 valence electrons. The lowest BCUT2D eigenvalue weighted by Crippen LogP contribution is -2.12. The molecule has 0 bridgehead atoms. The molecule has 0 atom stereocenters. The van der Waals surface area contributed by atoms with Crippen LogP contribution in [-0.4, -0.2) is 22.0 Å². The lowest BCUT2D eigenvalue weighted by molar-refractivity contribution is 0.416. The summed E-state index contributed by atoms with van der Waals surface area (Å²) >= 11 is 13.4. The molecule has 2 aromatic carbocycles. The molecular weight excluding hydrogens is 367 g/mol. The van der Waals surface area contributed by atoms with Gasteiger partial charge in [0.15, 0.2) is 5.82 Å². The maximum atomic E-state index is 6.15. The number of rotatable bonds is 5. The summed E-state index contributed by atoms with van der Waals surface area (Å²) in [5.41, 5.74) is 1.81. The maximum absolute atomic E-state index is 6.15. The van der Waals surface area contributed by atoms with Crippen LogP contribution < -0.4 is 10.6 Å². The van der Waals surface area contributed by atoms with Gasteiger partial charge in [0.2, 0.25) is 5.16 Å². The second-order valence-electron chi connectivity index (χ2n) is 4.91. The van der Waals surface area contributed by atoms with E-state index in [1.165, 1.54) is 16.4 Å². The molecule has 0 unspecified atom stereocenters. The zero-order valence-corrected chi connectivity index (χ0v) is 15.1. The van der Waals surface area contributed by atoms with E-state index in [4.69, 9.17) is 33.8 Å². The van der Waals surface area contributed by atoms with Crippen molar-refractivity contribution in [2.75, 3.05) is 13.0 Å². The van der Waals surface area contributed by atoms with E-state index in [1.54, 1.807) is 13.2 Å². The van der Waals surface area contributed by atoms with Crippen molar-refractivity contribution in [3.05, 3.63) is 58.1 Å². The van der Waals surface area contributed by atoms with Crippen molar-refractivity contribution in [2.45, 2.75) is 10.9 Å². The number of methoxy groups -OCH3 is 1. The molecule has 0 radical (unpaired) electrons. The summed E-state index contributed by atoms with van der Waals surface area (Å²) in [7, 11) is 1.61. The van der Waals surface area contributed by atoms with Crippen LogP contribution in [0.4, 0.5) is 0 Å². The first-order valence-corrected chi connectivity index (χ1v) is 8.75. The van der Waals surface area contributed by atoms with Crippen molar-refractivity contribution in [3.8, 4) is 17.1 Å². The Bertz CT molecular complexity index is 869. The molecule has 8 heteroatoms. The highest BCUT2D eigenvalue weighted by molar-refractivity contribution is 7.98. The van der Waals surface area contributed by atoms with Crippen LogP contribution in [0.2, 0.25) is 10.0 Å². The number of nitrogens with two attached hydrogens (primary N) is 1. The van der Waals surface area contributed by atoms with Crippen molar-refractivity contribution in [1.29, 1.82) is 0 Å². The van der Waals surface area contributed by atoms with Crippen molar-refractivity contribution in [3.63, 3.8) is 0 Å². The molecule has 0 spiro atoms. The number of para-hydroxylation sites is 1. The Hall–Kier alpha value is -1.89. The average Bonchev–Trinajstić information content (AvgIpc) is 2.96. The zero-order chi connectivity index (χ0) is 17.1. The van der Waals surface area contributed by atoms with Crippen molar-refractivity contribution >= 4 is 35.0 Å². The molecule has 0 saturated heterocycles. The molecule has 2 N–H and O–H groups in total. The van der Waals surface area contributed by atoms with Gasteiger partial charge in [-0.2, -0.15) is 0 Å². The topological polar surface area (TPSA) is 66.0 Å². The molecule has 0 fully saturated rings. The van der Waals surface area contributed by atoms with Crippen LogP contribution in [0.25, 0.3) is 11.4 Å². The molecule has 0 amide bonds. The Labute approximate surface area is 153 Å². The molecule has 0 saturated carbocycles. The fraction of sp³-hybridized carbons (Fsp3) is 0.125. The average molecular weight is 381 g/mol. The molecule has 1 aromatic heterocycles. The Morgan fingerprint density at radius 3 is 2.67 bits per heavy atom. The van der Waals surface area contributed by atoms with Crippen molar-refractivity contribution in [1.82, 2.24) is 14.9 Å². The Kier molecular flexibility index (Phi) is 5.18. The normalized spacial score (nSPS) is 10.8. The van der Waals surface area contributed by atoms with Crippen molar-refractivity contribution in [2.24, 2.45) is 0 Å². The molecule has 3 aromatic rings. The lowest BCUT2D eigenvalue weighted by atomic mass is 10.2. The second kappa shape index (κ2) is 7.34. The van der Waals surface area contributed by atoms with Gasteiger partial charge in [-0.15, -0.1) is 10.2 Å². The number of nitrogens with zero attached hydrogens (tertiary/aromatic N) is 3. The van der Waals surface area contributed by atoms with Gasteiger partial charge in [0.05, 0.1) is 22.7 Å². The summed E-state index contributed by atoms with van der Waals surface area (Å²) in [5.74, 6) is 8.03. The van der Waals surface area contributed by atoms with Gasteiger partial charge in [0.25, 0.3) is 0 Å². The van der Waals surface area contributed by atoms with Crippen molar-refractivity contribution < 1.29 is 4.74 Å². The minimum absolute atomic E-state index is 0.527. The molecule has 24 heavy (non-hydrogen) atoms. The molecule has 5 nitrogen and oxygen atoms in total. The van der Waals surface area contributed by atoms with E-state index in [2.05, 4.69) is 10.2 Å². The van der Waals surface area contributed by atoms with E-state index in [9.17, 15) is 0 Å². The molecular formula is C16H14Cl2N4OS. The molecule has 0 aliphatic carbocycles. The van der Waals surface area contributed by atoms with Gasteiger partial charge in [0, 0.05) is 5.75 Å². The number of ether oxygens (including phenoxy) is 1. The van der Waals surface area contributed by atoms with E-state index in [-0.39, 0.29) is 0 Å². The third-order valence-electron chi connectivity index (χ3n) is 3.36. The van der Waals surface area contributed by atoms with E-state index in [0.29, 0.717) is 32.5 Å². The smallest absolute Gasteiger partial charge is 0.210 e. The predicted molar refractivity (Wildman–Crippen MR) is 98.2 cm³/mol. The SMILES string of the molecule is COc1ccccc1-c1nnc(SCc2ccc(Cl)c(Cl)c2)n1N. The minimum atomic E-state index is 0.527. The first-order valence-electron chi connectivity index (χ1n) is 7.00. The predicted octanol–water partition coefficient (Wildman–Crippen LogP) is 4.27. The summed E-state index contributed by atoms with van der Waals surface area (Å²) < 4.78 is 6.81. The number of aromatic nitrogens is 3.